The van der Waals surface area contributed by atoms with Crippen LogP contribution in [0.1, 0.15) is 29.5 Å². The maximum atomic E-state index is 11.7. The number of fused-ring (bicyclic) bond motifs is 1. The summed E-state index contributed by atoms with van der Waals surface area (Å²) in [6, 6.07) is 1.50. The molecule has 4 nitrogen and oxygen atoms in total. The molecule has 2 aromatic rings. The SMILES string of the molecule is CCCc1cc(=O)n2c(C=O)csc2n1. The van der Waals surface area contributed by atoms with Crippen molar-refractivity contribution in [3.63, 3.8) is 0 Å². The van der Waals surface area contributed by atoms with Gasteiger partial charge in [-0.3, -0.25) is 9.59 Å². The van der Waals surface area contributed by atoms with Crippen molar-refractivity contribution in [2.45, 2.75) is 19.8 Å². The molecule has 0 spiro atoms. The topological polar surface area (TPSA) is 51.4 Å². The smallest absolute Gasteiger partial charge is 0.259 e. The molecule has 0 saturated heterocycles. The maximum absolute atomic E-state index is 11.7. The predicted octanol–water partition coefficient (Wildman–Crippen LogP) is 1.52. The van der Waals surface area contributed by atoms with Crippen LogP contribution in [0.5, 0.6) is 0 Å². The molecular weight excluding hydrogens is 212 g/mol. The normalized spacial score (nSPS) is 10.7. The van der Waals surface area contributed by atoms with Crippen molar-refractivity contribution in [1.29, 1.82) is 0 Å². The number of hydrogen-bond acceptors (Lipinski definition) is 4. The number of aldehydes is 1. The number of thiazole rings is 1. The highest BCUT2D eigenvalue weighted by Gasteiger charge is 2.07. The van der Waals surface area contributed by atoms with Crippen LogP contribution in [0.15, 0.2) is 16.2 Å². The van der Waals surface area contributed by atoms with E-state index in [0.717, 1.165) is 18.5 Å². The summed E-state index contributed by atoms with van der Waals surface area (Å²) in [6.45, 7) is 2.04. The van der Waals surface area contributed by atoms with Gasteiger partial charge in [0, 0.05) is 17.1 Å². The van der Waals surface area contributed by atoms with E-state index in [0.29, 0.717) is 16.9 Å². The third-order valence-corrected chi connectivity index (χ3v) is 2.96. The average Bonchev–Trinajstić information content (AvgIpc) is 2.61. The minimum absolute atomic E-state index is 0.174. The van der Waals surface area contributed by atoms with Gasteiger partial charge in [0.05, 0.1) is 0 Å². The Labute approximate surface area is 90.2 Å². The second kappa shape index (κ2) is 3.94. The zero-order valence-corrected chi connectivity index (χ0v) is 9.08. The fourth-order valence-electron chi connectivity index (χ4n) is 1.45. The van der Waals surface area contributed by atoms with E-state index in [-0.39, 0.29) is 5.56 Å². The van der Waals surface area contributed by atoms with Crippen molar-refractivity contribution in [1.82, 2.24) is 9.38 Å². The van der Waals surface area contributed by atoms with E-state index >= 15 is 0 Å². The summed E-state index contributed by atoms with van der Waals surface area (Å²) in [7, 11) is 0. The van der Waals surface area contributed by atoms with Crippen LogP contribution in [0.3, 0.4) is 0 Å². The molecule has 0 aromatic carbocycles. The van der Waals surface area contributed by atoms with Crippen LogP contribution < -0.4 is 5.56 Å². The number of carbonyl (C=O) groups is 1. The summed E-state index contributed by atoms with van der Waals surface area (Å²) in [5, 5.41) is 1.65. The monoisotopic (exact) mass is 222 g/mol. The van der Waals surface area contributed by atoms with Gasteiger partial charge in [0.2, 0.25) is 0 Å². The van der Waals surface area contributed by atoms with Gasteiger partial charge in [-0.2, -0.15) is 0 Å². The fraction of sp³-hybridized carbons (Fsp3) is 0.300. The van der Waals surface area contributed by atoms with Crippen molar-refractivity contribution in [3.8, 4) is 0 Å². The molecule has 0 fully saturated rings. The summed E-state index contributed by atoms with van der Waals surface area (Å²) < 4.78 is 1.34. The van der Waals surface area contributed by atoms with E-state index in [1.807, 2.05) is 6.92 Å². The van der Waals surface area contributed by atoms with Crippen LogP contribution in [0.4, 0.5) is 0 Å². The van der Waals surface area contributed by atoms with Crippen molar-refractivity contribution in [3.05, 3.63) is 33.2 Å². The quantitative estimate of drug-likeness (QED) is 0.740. The molecule has 0 radical (unpaired) electrons. The van der Waals surface area contributed by atoms with Gasteiger partial charge in [-0.15, -0.1) is 11.3 Å². The molecule has 15 heavy (non-hydrogen) atoms. The minimum Gasteiger partial charge on any atom is -0.296 e. The largest absolute Gasteiger partial charge is 0.296 e. The highest BCUT2D eigenvalue weighted by atomic mass is 32.1. The molecule has 0 unspecified atom stereocenters. The summed E-state index contributed by atoms with van der Waals surface area (Å²) in [5.41, 5.74) is 0.990. The van der Waals surface area contributed by atoms with Gasteiger partial charge in [0.1, 0.15) is 5.69 Å². The molecule has 0 saturated carbocycles. The number of aromatic nitrogens is 2. The standard InChI is InChI=1S/C10H10N2O2S/c1-2-3-7-4-9(14)12-8(5-13)6-15-10(12)11-7/h4-6H,2-3H2,1H3. The highest BCUT2D eigenvalue weighted by Crippen LogP contribution is 2.11. The van der Waals surface area contributed by atoms with E-state index in [4.69, 9.17) is 0 Å². The molecule has 0 aliphatic heterocycles. The fourth-order valence-corrected chi connectivity index (χ4v) is 2.31. The number of aryl methyl sites for hydroxylation is 1. The number of nitrogens with zero attached hydrogens (tertiary/aromatic N) is 2. The number of hydrogen-bond donors (Lipinski definition) is 0. The Hall–Kier alpha value is -1.49. The Morgan fingerprint density at radius 2 is 2.40 bits per heavy atom. The van der Waals surface area contributed by atoms with Gasteiger partial charge in [-0.05, 0) is 6.42 Å². The molecule has 2 aromatic heterocycles. The molecule has 2 heterocycles. The van der Waals surface area contributed by atoms with Crippen LogP contribution in [-0.2, 0) is 6.42 Å². The lowest BCUT2D eigenvalue weighted by molar-refractivity contribution is 0.111. The first-order chi connectivity index (χ1) is 7.26. The molecule has 0 atom stereocenters. The molecule has 0 aliphatic rings. The molecule has 0 aliphatic carbocycles. The first kappa shape index (κ1) is 10.0. The lowest BCUT2D eigenvalue weighted by Gasteiger charge is -1.98. The second-order valence-corrected chi connectivity index (χ2v) is 4.07. The van der Waals surface area contributed by atoms with Crippen molar-refractivity contribution in [2.24, 2.45) is 0 Å². The Morgan fingerprint density at radius 1 is 1.60 bits per heavy atom. The van der Waals surface area contributed by atoms with E-state index in [2.05, 4.69) is 4.98 Å². The summed E-state index contributed by atoms with van der Waals surface area (Å²) >= 11 is 1.31. The Morgan fingerprint density at radius 3 is 3.07 bits per heavy atom. The van der Waals surface area contributed by atoms with Crippen molar-refractivity contribution in [2.75, 3.05) is 0 Å². The number of carbonyl (C=O) groups excluding carboxylic acids is 1. The lowest BCUT2D eigenvalue weighted by atomic mass is 10.2. The van der Waals surface area contributed by atoms with E-state index < -0.39 is 0 Å². The second-order valence-electron chi connectivity index (χ2n) is 3.23. The van der Waals surface area contributed by atoms with E-state index in [1.54, 1.807) is 5.38 Å². The minimum atomic E-state index is -0.174. The van der Waals surface area contributed by atoms with Crippen LogP contribution in [0.25, 0.3) is 4.96 Å². The van der Waals surface area contributed by atoms with Gasteiger partial charge < -0.3 is 0 Å². The van der Waals surface area contributed by atoms with Crippen LogP contribution >= 0.6 is 11.3 Å². The molecule has 2 rings (SSSR count). The molecule has 5 heteroatoms. The van der Waals surface area contributed by atoms with Crippen LogP contribution in [0, 0.1) is 0 Å². The van der Waals surface area contributed by atoms with Crippen molar-refractivity contribution < 1.29 is 4.79 Å². The summed E-state index contributed by atoms with van der Waals surface area (Å²) in [6.07, 6.45) is 2.42. The Kier molecular flexibility index (Phi) is 2.64. The van der Waals surface area contributed by atoms with Gasteiger partial charge >= 0.3 is 0 Å². The summed E-state index contributed by atoms with van der Waals surface area (Å²) in [5.74, 6) is 0. The average molecular weight is 222 g/mol. The first-order valence-corrected chi connectivity index (χ1v) is 5.59. The van der Waals surface area contributed by atoms with Gasteiger partial charge in [0.25, 0.3) is 5.56 Å². The molecular formula is C10H10N2O2S. The maximum Gasteiger partial charge on any atom is 0.259 e. The molecule has 0 bridgehead atoms. The molecule has 0 N–H and O–H groups in total. The van der Waals surface area contributed by atoms with E-state index in [9.17, 15) is 9.59 Å². The zero-order chi connectivity index (χ0) is 10.8. The third-order valence-electron chi connectivity index (χ3n) is 2.11. The predicted molar refractivity (Wildman–Crippen MR) is 58.7 cm³/mol. The molecule has 78 valence electrons. The lowest BCUT2D eigenvalue weighted by Crippen LogP contribution is -2.15. The van der Waals surface area contributed by atoms with E-state index in [1.165, 1.54) is 21.8 Å². The van der Waals surface area contributed by atoms with Gasteiger partial charge in [-0.25, -0.2) is 9.38 Å². The Bertz CT molecular complexity index is 556. The van der Waals surface area contributed by atoms with Gasteiger partial charge in [0.15, 0.2) is 11.2 Å². The van der Waals surface area contributed by atoms with Gasteiger partial charge in [-0.1, -0.05) is 13.3 Å². The third kappa shape index (κ3) is 1.70. The van der Waals surface area contributed by atoms with Crippen LogP contribution in [0.2, 0.25) is 0 Å². The highest BCUT2D eigenvalue weighted by molar-refractivity contribution is 7.15. The Balaban J connectivity index is 2.69. The zero-order valence-electron chi connectivity index (χ0n) is 8.27. The first-order valence-electron chi connectivity index (χ1n) is 4.71. The number of rotatable bonds is 3. The molecule has 0 amide bonds. The van der Waals surface area contributed by atoms with Crippen LogP contribution in [-0.4, -0.2) is 15.7 Å². The summed E-state index contributed by atoms with van der Waals surface area (Å²) in [4.78, 5) is 27.3. The van der Waals surface area contributed by atoms with Crippen molar-refractivity contribution >= 4 is 22.6 Å².